The number of pyridine rings is 2. The van der Waals surface area contributed by atoms with Crippen LogP contribution in [0.15, 0.2) is 84.1 Å². The summed E-state index contributed by atoms with van der Waals surface area (Å²) >= 11 is 6.24. The molecule has 0 radical (unpaired) electrons. The Kier molecular flexibility index (Phi) is 9.41. The van der Waals surface area contributed by atoms with Gasteiger partial charge in [0.15, 0.2) is 11.6 Å². The fraction of sp³-hybridized carbons (Fsp3) is 0.200. The number of rotatable bonds is 7. The zero-order valence-electron chi connectivity index (χ0n) is 29.5. The van der Waals surface area contributed by atoms with Crippen molar-refractivity contribution in [3.05, 3.63) is 105 Å². The summed E-state index contributed by atoms with van der Waals surface area (Å²) in [5.74, 6) is -0.634. The van der Waals surface area contributed by atoms with Gasteiger partial charge in [-0.3, -0.25) is 4.90 Å². The molecule has 0 amide bonds. The number of hydrogen-bond donors (Lipinski definition) is 3. The van der Waals surface area contributed by atoms with Gasteiger partial charge in [-0.25, -0.2) is 28.7 Å². The first kappa shape index (κ1) is 35.0. The lowest BCUT2D eigenvalue weighted by molar-refractivity contribution is 0.307. The van der Waals surface area contributed by atoms with E-state index in [2.05, 4.69) is 85.8 Å². The molecule has 54 heavy (non-hydrogen) atoms. The number of thiazole rings is 2. The highest BCUT2D eigenvalue weighted by molar-refractivity contribution is 7.20. The molecule has 2 atom stereocenters. The molecule has 0 aliphatic carbocycles. The second-order valence-electron chi connectivity index (χ2n) is 13.1. The van der Waals surface area contributed by atoms with Gasteiger partial charge in [0.25, 0.3) is 0 Å². The predicted molar refractivity (Wildman–Crippen MR) is 225 cm³/mol. The standard InChI is InChI=1S/C21H19FN4S2.C19H15FN4S2/c1-3-26-9-7-13(12(26)2)18-10-14-15(6-8-23-21(14)28-18)25-16-4-5-17-20(19(16)22)24-11-27-17;1-10-11(4-6-21-10)16-8-12-13(5-7-22-19(12)26-16)24-14-2-3-15-18(17(14)20)23-9-25-15/h4-8,10-12H,3,9H2,1-2H3,(H,23,25);2-5,7-10,21H,6H2,1H3,(H,22,24). The highest BCUT2D eigenvalue weighted by atomic mass is 32.1. The summed E-state index contributed by atoms with van der Waals surface area (Å²) in [6.07, 6.45) is 8.06. The lowest BCUT2D eigenvalue weighted by atomic mass is 10.1. The number of nitrogens with one attached hydrogen (secondary N) is 3. The second-order valence-corrected chi connectivity index (χ2v) is 16.9. The molecular formula is C40H34F2N8S4. The summed E-state index contributed by atoms with van der Waals surface area (Å²) in [5.41, 5.74) is 9.39. The summed E-state index contributed by atoms with van der Waals surface area (Å²) in [6.45, 7) is 9.51. The number of fused-ring (bicyclic) bond motifs is 4. The lowest BCUT2D eigenvalue weighted by Crippen LogP contribution is -2.28. The highest BCUT2D eigenvalue weighted by Gasteiger charge is 2.25. The molecule has 0 fully saturated rings. The third-order valence-corrected chi connectivity index (χ3v) is 13.8. The molecule has 8 heterocycles. The smallest absolute Gasteiger partial charge is 0.173 e. The van der Waals surface area contributed by atoms with Crippen molar-refractivity contribution in [2.45, 2.75) is 32.9 Å². The summed E-state index contributed by atoms with van der Waals surface area (Å²) in [7, 11) is 0. The van der Waals surface area contributed by atoms with Crippen LogP contribution < -0.4 is 16.0 Å². The molecule has 0 saturated carbocycles. The third-order valence-electron chi connectivity index (χ3n) is 10.0. The van der Waals surface area contributed by atoms with Crippen molar-refractivity contribution in [2.24, 2.45) is 0 Å². The van der Waals surface area contributed by atoms with Crippen molar-refractivity contribution in [3.63, 3.8) is 0 Å². The van der Waals surface area contributed by atoms with Gasteiger partial charge >= 0.3 is 0 Å². The minimum absolute atomic E-state index is 0.315. The van der Waals surface area contributed by atoms with Crippen LogP contribution in [0.1, 0.15) is 30.5 Å². The number of likely N-dealkylation sites (N-methyl/N-ethyl adjacent to an activating group) is 1. The van der Waals surface area contributed by atoms with Crippen LogP contribution in [0.3, 0.4) is 0 Å². The molecule has 272 valence electrons. The minimum Gasteiger partial charge on any atom is -0.352 e. The Morgan fingerprint density at radius 3 is 1.78 bits per heavy atom. The fourth-order valence-corrected chi connectivity index (χ4v) is 10.7. The molecule has 6 aromatic heterocycles. The highest BCUT2D eigenvalue weighted by Crippen LogP contribution is 2.40. The SMILES string of the molecule is CC1NCC=C1c1cc2c(Nc3ccc4scnc4c3F)ccnc2s1.CCN1CC=C(c2cc3c(Nc4ccc5scnc5c4F)ccnc3s2)C1C. The molecule has 2 aromatic carbocycles. The van der Waals surface area contributed by atoms with Crippen molar-refractivity contribution < 1.29 is 8.78 Å². The number of thiophene rings is 2. The van der Waals surface area contributed by atoms with Crippen LogP contribution in [-0.4, -0.2) is 56.6 Å². The molecule has 2 aliphatic heterocycles. The topological polar surface area (TPSA) is 90.9 Å². The quantitative estimate of drug-likeness (QED) is 0.147. The number of halogens is 2. The van der Waals surface area contributed by atoms with Crippen LogP contribution in [-0.2, 0) is 0 Å². The molecule has 10 rings (SSSR count). The molecule has 2 unspecified atom stereocenters. The van der Waals surface area contributed by atoms with Crippen molar-refractivity contribution in [3.8, 4) is 0 Å². The number of benzene rings is 2. The summed E-state index contributed by atoms with van der Waals surface area (Å²) < 4.78 is 31.3. The maximum atomic E-state index is 14.8. The maximum absolute atomic E-state index is 14.8. The number of nitrogens with zero attached hydrogens (tertiary/aromatic N) is 5. The van der Waals surface area contributed by atoms with E-state index in [9.17, 15) is 8.78 Å². The Labute approximate surface area is 326 Å². The van der Waals surface area contributed by atoms with Crippen LogP contribution in [0.4, 0.5) is 31.5 Å². The third kappa shape index (κ3) is 6.36. The Morgan fingerprint density at radius 2 is 1.28 bits per heavy atom. The van der Waals surface area contributed by atoms with Gasteiger partial charge in [0, 0.05) is 58.1 Å². The molecule has 2 aliphatic rings. The van der Waals surface area contributed by atoms with E-state index in [4.69, 9.17) is 0 Å². The Bertz CT molecular complexity index is 2740. The summed E-state index contributed by atoms with van der Waals surface area (Å²) in [4.78, 5) is 24.1. The average Bonchev–Trinajstić information content (AvgIpc) is 4.03. The molecule has 14 heteroatoms. The van der Waals surface area contributed by atoms with Gasteiger partial charge in [0.1, 0.15) is 20.7 Å². The van der Waals surface area contributed by atoms with Gasteiger partial charge < -0.3 is 16.0 Å². The van der Waals surface area contributed by atoms with Gasteiger partial charge in [0.2, 0.25) is 0 Å². The van der Waals surface area contributed by atoms with E-state index in [1.54, 1.807) is 58.2 Å². The van der Waals surface area contributed by atoms with E-state index in [0.29, 0.717) is 34.5 Å². The largest absolute Gasteiger partial charge is 0.352 e. The number of aromatic nitrogens is 4. The van der Waals surface area contributed by atoms with Gasteiger partial charge in [-0.2, -0.15) is 0 Å². The van der Waals surface area contributed by atoms with Crippen molar-refractivity contribution in [2.75, 3.05) is 30.3 Å². The van der Waals surface area contributed by atoms with E-state index in [-0.39, 0.29) is 11.6 Å². The van der Waals surface area contributed by atoms with Gasteiger partial charge in [-0.05, 0) is 80.1 Å². The number of anilines is 4. The first-order chi connectivity index (χ1) is 26.4. The number of hydrogen-bond acceptors (Lipinski definition) is 12. The van der Waals surface area contributed by atoms with Crippen molar-refractivity contribution in [1.29, 1.82) is 0 Å². The van der Waals surface area contributed by atoms with E-state index in [1.807, 2.05) is 24.3 Å². The van der Waals surface area contributed by atoms with Crippen LogP contribution in [0.25, 0.3) is 52.0 Å². The predicted octanol–water partition coefficient (Wildman–Crippen LogP) is 11.1. The zero-order chi connectivity index (χ0) is 36.9. The second kappa shape index (κ2) is 14.5. The van der Waals surface area contributed by atoms with Crippen molar-refractivity contribution in [1.82, 2.24) is 30.2 Å². The first-order valence-electron chi connectivity index (χ1n) is 17.6. The lowest BCUT2D eigenvalue weighted by Gasteiger charge is -2.21. The van der Waals surface area contributed by atoms with Crippen LogP contribution in [0, 0.1) is 11.6 Å². The molecule has 8 nitrogen and oxygen atoms in total. The minimum atomic E-state index is -0.319. The van der Waals surface area contributed by atoms with Crippen LogP contribution in [0.2, 0.25) is 0 Å². The first-order valence-corrected chi connectivity index (χ1v) is 21.0. The molecule has 0 spiro atoms. The van der Waals surface area contributed by atoms with E-state index in [1.165, 1.54) is 43.6 Å². The zero-order valence-corrected chi connectivity index (χ0v) is 32.7. The normalized spacial score (nSPS) is 17.4. The molecular weight excluding hydrogens is 759 g/mol. The Hall–Kier alpha value is -4.70. The van der Waals surface area contributed by atoms with E-state index >= 15 is 0 Å². The average molecular weight is 793 g/mol. The van der Waals surface area contributed by atoms with E-state index < -0.39 is 0 Å². The molecule has 3 N–H and O–H groups in total. The van der Waals surface area contributed by atoms with Crippen LogP contribution in [0.5, 0.6) is 0 Å². The molecule has 8 aromatic rings. The Balaban J connectivity index is 0.000000143. The maximum Gasteiger partial charge on any atom is 0.173 e. The van der Waals surface area contributed by atoms with E-state index in [0.717, 1.165) is 60.8 Å². The van der Waals surface area contributed by atoms with Gasteiger partial charge in [0.05, 0.1) is 43.2 Å². The van der Waals surface area contributed by atoms with Gasteiger partial charge in [-0.15, -0.1) is 45.3 Å². The van der Waals surface area contributed by atoms with Crippen molar-refractivity contribution >= 4 is 120 Å². The monoisotopic (exact) mass is 792 g/mol. The Morgan fingerprint density at radius 1 is 0.722 bits per heavy atom. The molecule has 0 bridgehead atoms. The van der Waals surface area contributed by atoms with Crippen LogP contribution >= 0.6 is 45.3 Å². The molecule has 0 saturated heterocycles. The summed E-state index contributed by atoms with van der Waals surface area (Å²) in [6, 6.07) is 16.2. The fourth-order valence-electron chi connectivity index (χ4n) is 7.06. The van der Waals surface area contributed by atoms with Gasteiger partial charge in [-0.1, -0.05) is 19.1 Å². The summed E-state index contributed by atoms with van der Waals surface area (Å²) in [5, 5.41) is 11.9.